The molecule has 0 saturated carbocycles. The minimum atomic E-state index is -0.0559. The Bertz CT molecular complexity index is 471. The van der Waals surface area contributed by atoms with Gasteiger partial charge in [-0.2, -0.15) is 5.10 Å². The number of aromatic nitrogens is 2. The van der Waals surface area contributed by atoms with Crippen LogP contribution in [0.5, 0.6) is 0 Å². The van der Waals surface area contributed by atoms with Crippen LogP contribution in [-0.4, -0.2) is 28.9 Å². The molecule has 0 spiro atoms. The third kappa shape index (κ3) is 3.56. The van der Waals surface area contributed by atoms with Crippen LogP contribution in [0.15, 0.2) is 17.1 Å². The summed E-state index contributed by atoms with van der Waals surface area (Å²) in [5, 5.41) is 4.25. The van der Waals surface area contributed by atoms with Crippen LogP contribution in [0, 0.1) is 5.92 Å². The Morgan fingerprint density at radius 3 is 3.00 bits per heavy atom. The summed E-state index contributed by atoms with van der Waals surface area (Å²) in [6.45, 7) is 6.79. The molecule has 5 heteroatoms. The largest absolute Gasteiger partial charge is 0.370 e. The lowest BCUT2D eigenvalue weighted by atomic mass is 10.00. The lowest BCUT2D eigenvalue weighted by Crippen LogP contribution is -2.37. The monoisotopic (exact) mass is 264 g/mol. The van der Waals surface area contributed by atoms with Crippen molar-refractivity contribution in [1.82, 2.24) is 9.78 Å². The summed E-state index contributed by atoms with van der Waals surface area (Å²) in [6, 6.07) is 1.68. The first-order valence-electron chi connectivity index (χ1n) is 7.18. The van der Waals surface area contributed by atoms with Crippen molar-refractivity contribution in [2.75, 3.05) is 18.0 Å². The van der Waals surface area contributed by atoms with Gasteiger partial charge in [-0.1, -0.05) is 13.8 Å². The fourth-order valence-corrected chi connectivity index (χ4v) is 2.51. The zero-order chi connectivity index (χ0) is 13.8. The maximum absolute atomic E-state index is 12.0. The van der Waals surface area contributed by atoms with Crippen LogP contribution in [0.1, 0.15) is 33.1 Å². The molecule has 0 radical (unpaired) electrons. The van der Waals surface area contributed by atoms with E-state index in [2.05, 4.69) is 16.9 Å². The van der Waals surface area contributed by atoms with Gasteiger partial charge in [0.15, 0.2) is 0 Å². The van der Waals surface area contributed by atoms with E-state index < -0.39 is 0 Å². The van der Waals surface area contributed by atoms with E-state index in [1.54, 1.807) is 12.3 Å². The molecule has 0 amide bonds. The maximum atomic E-state index is 12.0. The highest BCUT2D eigenvalue weighted by molar-refractivity contribution is 5.43. The first-order valence-corrected chi connectivity index (χ1v) is 7.18. The Labute approximate surface area is 114 Å². The second-order valence-corrected chi connectivity index (χ2v) is 5.60. The van der Waals surface area contributed by atoms with Crippen molar-refractivity contribution in [3.8, 4) is 0 Å². The smallest absolute Gasteiger partial charge is 0.268 e. The lowest BCUT2D eigenvalue weighted by Gasteiger charge is -2.32. The first kappa shape index (κ1) is 14.1. The Balaban J connectivity index is 2.12. The molecule has 2 unspecified atom stereocenters. The molecule has 1 aliphatic rings. The summed E-state index contributed by atoms with van der Waals surface area (Å²) in [5.74, 6) is 0.685. The molecule has 19 heavy (non-hydrogen) atoms. The van der Waals surface area contributed by atoms with Gasteiger partial charge in [0.25, 0.3) is 5.56 Å². The molecule has 2 N–H and O–H groups in total. The van der Waals surface area contributed by atoms with Gasteiger partial charge in [0.2, 0.25) is 0 Å². The zero-order valence-electron chi connectivity index (χ0n) is 11.9. The molecule has 106 valence electrons. The molecule has 0 aromatic carbocycles. The molecule has 2 rings (SSSR count). The fourth-order valence-electron chi connectivity index (χ4n) is 2.51. The van der Waals surface area contributed by atoms with Crippen LogP contribution in [-0.2, 0) is 6.54 Å². The number of nitrogens with zero attached hydrogens (tertiary/aromatic N) is 3. The normalized spacial score (nSPS) is 21.4. The van der Waals surface area contributed by atoms with Crippen LogP contribution in [0.2, 0.25) is 0 Å². The predicted octanol–water partition coefficient (Wildman–Crippen LogP) is 1.22. The average molecular weight is 264 g/mol. The van der Waals surface area contributed by atoms with Crippen LogP contribution >= 0.6 is 0 Å². The minimum absolute atomic E-state index is 0.00828. The summed E-state index contributed by atoms with van der Waals surface area (Å²) in [5.41, 5.74) is 6.75. The molecular formula is C14H24N4O. The second-order valence-electron chi connectivity index (χ2n) is 5.60. The van der Waals surface area contributed by atoms with Gasteiger partial charge in [-0.3, -0.25) is 4.79 Å². The van der Waals surface area contributed by atoms with Crippen molar-refractivity contribution in [2.45, 2.75) is 45.7 Å². The molecule has 1 aromatic heterocycles. The summed E-state index contributed by atoms with van der Waals surface area (Å²) in [6.07, 6.45) is 5.10. The van der Waals surface area contributed by atoms with Crippen LogP contribution in [0.4, 0.5) is 5.69 Å². The summed E-state index contributed by atoms with van der Waals surface area (Å²) < 4.78 is 1.46. The van der Waals surface area contributed by atoms with Gasteiger partial charge in [0.05, 0.1) is 18.4 Å². The number of piperidine rings is 1. The van der Waals surface area contributed by atoms with Crippen molar-refractivity contribution < 1.29 is 0 Å². The predicted molar refractivity (Wildman–Crippen MR) is 77.4 cm³/mol. The van der Waals surface area contributed by atoms with E-state index in [1.165, 1.54) is 17.5 Å². The molecule has 1 aliphatic heterocycles. The Hall–Kier alpha value is -1.36. The first-order chi connectivity index (χ1) is 9.10. The van der Waals surface area contributed by atoms with Gasteiger partial charge in [-0.25, -0.2) is 4.68 Å². The molecule has 0 bridgehead atoms. The fraction of sp³-hybridized carbons (Fsp3) is 0.714. The second kappa shape index (κ2) is 6.19. The molecule has 1 saturated heterocycles. The summed E-state index contributed by atoms with van der Waals surface area (Å²) in [7, 11) is 0. The van der Waals surface area contributed by atoms with Gasteiger partial charge in [-0.15, -0.1) is 0 Å². The highest BCUT2D eigenvalue weighted by atomic mass is 16.1. The molecule has 1 fully saturated rings. The van der Waals surface area contributed by atoms with Gasteiger partial charge in [-0.05, 0) is 25.2 Å². The SMILES string of the molecule is CCC(N)Cn1ncc(N2CCCC(C)C2)cc1=O. The standard InChI is InChI=1S/C14H24N4O/c1-3-12(15)10-18-14(19)7-13(8-16-18)17-6-4-5-11(2)9-17/h7-8,11-12H,3-6,9-10,15H2,1-2H3. The Morgan fingerprint density at radius 1 is 1.58 bits per heavy atom. The van der Waals surface area contributed by atoms with E-state index in [0.717, 1.165) is 25.2 Å². The van der Waals surface area contributed by atoms with E-state index in [-0.39, 0.29) is 11.6 Å². The average Bonchev–Trinajstić information content (AvgIpc) is 2.41. The third-order valence-corrected chi connectivity index (χ3v) is 3.81. The number of rotatable bonds is 4. The van der Waals surface area contributed by atoms with Crippen molar-refractivity contribution in [2.24, 2.45) is 11.7 Å². The molecule has 2 atom stereocenters. The molecule has 1 aromatic rings. The number of anilines is 1. The van der Waals surface area contributed by atoms with Gasteiger partial charge in [0.1, 0.15) is 0 Å². The number of hydrogen-bond donors (Lipinski definition) is 1. The molecular weight excluding hydrogens is 240 g/mol. The van der Waals surface area contributed by atoms with E-state index in [1.807, 2.05) is 6.92 Å². The summed E-state index contributed by atoms with van der Waals surface area (Å²) in [4.78, 5) is 14.3. The maximum Gasteiger partial charge on any atom is 0.268 e. The van der Waals surface area contributed by atoms with E-state index >= 15 is 0 Å². The zero-order valence-corrected chi connectivity index (χ0v) is 11.9. The van der Waals surface area contributed by atoms with Gasteiger partial charge < -0.3 is 10.6 Å². The van der Waals surface area contributed by atoms with Crippen molar-refractivity contribution in [3.63, 3.8) is 0 Å². The quantitative estimate of drug-likeness (QED) is 0.888. The van der Waals surface area contributed by atoms with Crippen LogP contribution in [0.25, 0.3) is 0 Å². The Kier molecular flexibility index (Phi) is 4.58. The Morgan fingerprint density at radius 2 is 2.37 bits per heavy atom. The molecule has 0 aliphatic carbocycles. The van der Waals surface area contributed by atoms with E-state index in [0.29, 0.717) is 12.5 Å². The van der Waals surface area contributed by atoms with Gasteiger partial charge >= 0.3 is 0 Å². The van der Waals surface area contributed by atoms with E-state index in [9.17, 15) is 4.79 Å². The van der Waals surface area contributed by atoms with Gasteiger partial charge in [0, 0.05) is 25.2 Å². The lowest BCUT2D eigenvalue weighted by molar-refractivity contribution is 0.443. The highest BCUT2D eigenvalue weighted by Crippen LogP contribution is 2.20. The number of hydrogen-bond acceptors (Lipinski definition) is 4. The summed E-state index contributed by atoms with van der Waals surface area (Å²) >= 11 is 0. The van der Waals surface area contributed by atoms with E-state index in [4.69, 9.17) is 5.73 Å². The number of nitrogens with two attached hydrogens (primary N) is 1. The topological polar surface area (TPSA) is 64.2 Å². The van der Waals surface area contributed by atoms with Crippen molar-refractivity contribution in [3.05, 3.63) is 22.6 Å². The highest BCUT2D eigenvalue weighted by Gasteiger charge is 2.17. The van der Waals surface area contributed by atoms with Crippen LogP contribution in [0.3, 0.4) is 0 Å². The molecule has 5 nitrogen and oxygen atoms in total. The third-order valence-electron chi connectivity index (χ3n) is 3.81. The van der Waals surface area contributed by atoms with Crippen molar-refractivity contribution in [1.29, 1.82) is 0 Å². The molecule has 2 heterocycles. The minimum Gasteiger partial charge on any atom is -0.370 e. The van der Waals surface area contributed by atoms with Crippen LogP contribution < -0.4 is 16.2 Å². The van der Waals surface area contributed by atoms with Crippen molar-refractivity contribution >= 4 is 5.69 Å².